The van der Waals surface area contributed by atoms with E-state index in [0.717, 1.165) is 0 Å². The molecule has 2 N–H and O–H groups in total. The zero-order valence-electron chi connectivity index (χ0n) is 10.1. The molecule has 0 fully saturated rings. The average Bonchev–Trinajstić information content (AvgIpc) is 2.27. The number of sulfone groups is 1. The number of aliphatic carboxylic acids is 1. The molecule has 0 spiro atoms. The predicted octanol–water partition coefficient (Wildman–Crippen LogP) is 1.16. The molecule has 0 saturated carbocycles. The van der Waals surface area contributed by atoms with E-state index in [4.69, 9.17) is 10.2 Å². The summed E-state index contributed by atoms with van der Waals surface area (Å²) in [6.45, 7) is 0. The summed E-state index contributed by atoms with van der Waals surface area (Å²) in [5.74, 6) is -2.67. The monoisotopic (exact) mass is 286 g/mol. The standard InChI is InChI=1S/C12H14O6S/c13-11(14)5-2-6-19(17,18)8-9-3-1-4-10(7-9)12(15)16/h1,3-4,7H,2,5-6,8H2,(H,13,14)(H,15,16). The number of carboxylic acid groups (broad SMARTS) is 2. The van der Waals surface area contributed by atoms with Crippen LogP contribution in [0.4, 0.5) is 0 Å². The summed E-state index contributed by atoms with van der Waals surface area (Å²) in [4.78, 5) is 21.1. The second-order valence-electron chi connectivity index (χ2n) is 4.09. The minimum atomic E-state index is -3.43. The molecule has 0 radical (unpaired) electrons. The van der Waals surface area contributed by atoms with Crippen molar-refractivity contribution in [3.63, 3.8) is 0 Å². The van der Waals surface area contributed by atoms with Gasteiger partial charge in [0, 0.05) is 6.42 Å². The molecule has 0 aliphatic heterocycles. The van der Waals surface area contributed by atoms with Crippen LogP contribution < -0.4 is 0 Å². The van der Waals surface area contributed by atoms with Gasteiger partial charge < -0.3 is 10.2 Å². The van der Waals surface area contributed by atoms with E-state index in [2.05, 4.69) is 0 Å². The van der Waals surface area contributed by atoms with Gasteiger partial charge in [0.25, 0.3) is 0 Å². The van der Waals surface area contributed by atoms with Crippen molar-refractivity contribution in [1.82, 2.24) is 0 Å². The number of hydrogen-bond donors (Lipinski definition) is 2. The molecule has 0 heterocycles. The number of hydrogen-bond acceptors (Lipinski definition) is 4. The Morgan fingerprint density at radius 3 is 2.42 bits per heavy atom. The molecule has 1 aromatic carbocycles. The largest absolute Gasteiger partial charge is 0.481 e. The maximum atomic E-state index is 11.7. The van der Waals surface area contributed by atoms with Crippen molar-refractivity contribution in [2.24, 2.45) is 0 Å². The number of carbonyl (C=O) groups is 2. The van der Waals surface area contributed by atoms with Gasteiger partial charge in [0.1, 0.15) is 0 Å². The average molecular weight is 286 g/mol. The summed E-state index contributed by atoms with van der Waals surface area (Å²) in [7, 11) is -3.43. The Labute approximate surface area is 110 Å². The van der Waals surface area contributed by atoms with E-state index in [9.17, 15) is 18.0 Å². The van der Waals surface area contributed by atoms with Crippen molar-refractivity contribution in [2.45, 2.75) is 18.6 Å². The van der Waals surface area contributed by atoms with Crippen LogP contribution in [0.25, 0.3) is 0 Å². The van der Waals surface area contributed by atoms with Crippen LogP contribution in [-0.2, 0) is 20.4 Å². The second kappa shape index (κ2) is 6.33. The lowest BCUT2D eigenvalue weighted by molar-refractivity contribution is -0.137. The molecular formula is C12H14O6S. The highest BCUT2D eigenvalue weighted by Gasteiger charge is 2.14. The summed E-state index contributed by atoms with van der Waals surface area (Å²) in [6.07, 6.45) is -0.148. The highest BCUT2D eigenvalue weighted by Crippen LogP contribution is 2.11. The van der Waals surface area contributed by atoms with Gasteiger partial charge in [-0.25, -0.2) is 13.2 Å². The fraction of sp³-hybridized carbons (Fsp3) is 0.333. The molecular weight excluding hydrogens is 272 g/mol. The first-order valence-electron chi connectivity index (χ1n) is 5.54. The fourth-order valence-corrected chi connectivity index (χ4v) is 2.98. The maximum Gasteiger partial charge on any atom is 0.335 e. The summed E-state index contributed by atoms with van der Waals surface area (Å²) in [5.41, 5.74) is 0.411. The zero-order chi connectivity index (χ0) is 14.5. The van der Waals surface area contributed by atoms with Gasteiger partial charge in [-0.15, -0.1) is 0 Å². The van der Waals surface area contributed by atoms with Crippen LogP contribution in [0.2, 0.25) is 0 Å². The van der Waals surface area contributed by atoms with Crippen LogP contribution in [0.3, 0.4) is 0 Å². The van der Waals surface area contributed by atoms with Crippen LogP contribution >= 0.6 is 0 Å². The molecule has 0 saturated heterocycles. The Hall–Kier alpha value is -1.89. The smallest absolute Gasteiger partial charge is 0.335 e. The van der Waals surface area contributed by atoms with E-state index in [0.29, 0.717) is 5.56 Å². The predicted molar refractivity (Wildman–Crippen MR) is 67.8 cm³/mol. The Kier molecular flexibility index (Phi) is 5.05. The van der Waals surface area contributed by atoms with Gasteiger partial charge in [-0.1, -0.05) is 12.1 Å². The molecule has 0 unspecified atom stereocenters. The molecule has 104 valence electrons. The van der Waals surface area contributed by atoms with Gasteiger partial charge >= 0.3 is 11.9 Å². The minimum Gasteiger partial charge on any atom is -0.481 e. The normalized spacial score (nSPS) is 11.2. The van der Waals surface area contributed by atoms with Crippen molar-refractivity contribution in [3.8, 4) is 0 Å². The van der Waals surface area contributed by atoms with Gasteiger partial charge in [0.05, 0.1) is 17.1 Å². The van der Waals surface area contributed by atoms with E-state index in [1.807, 2.05) is 0 Å². The molecule has 0 aliphatic carbocycles. The first kappa shape index (κ1) is 15.2. The van der Waals surface area contributed by atoms with Crippen LogP contribution in [0.1, 0.15) is 28.8 Å². The molecule has 0 amide bonds. The van der Waals surface area contributed by atoms with Gasteiger partial charge in [-0.3, -0.25) is 4.79 Å². The van der Waals surface area contributed by atoms with E-state index < -0.39 is 21.8 Å². The quantitative estimate of drug-likeness (QED) is 0.778. The first-order chi connectivity index (χ1) is 8.80. The van der Waals surface area contributed by atoms with Crippen LogP contribution in [0.5, 0.6) is 0 Å². The third kappa shape index (κ3) is 5.52. The molecule has 19 heavy (non-hydrogen) atoms. The minimum absolute atomic E-state index is 0.0261. The van der Waals surface area contributed by atoms with Crippen LogP contribution in [0, 0.1) is 0 Å². The van der Waals surface area contributed by atoms with Crippen LogP contribution in [-0.4, -0.2) is 36.3 Å². The molecule has 0 aromatic heterocycles. The molecule has 1 rings (SSSR count). The first-order valence-corrected chi connectivity index (χ1v) is 7.37. The van der Waals surface area contributed by atoms with Crippen molar-refractivity contribution in [2.75, 3.05) is 5.75 Å². The van der Waals surface area contributed by atoms with Gasteiger partial charge in [-0.2, -0.15) is 0 Å². The SMILES string of the molecule is O=C(O)CCCS(=O)(=O)Cc1cccc(C(=O)O)c1. The zero-order valence-corrected chi connectivity index (χ0v) is 10.9. The van der Waals surface area contributed by atoms with E-state index >= 15 is 0 Å². The second-order valence-corrected chi connectivity index (χ2v) is 6.28. The highest BCUT2D eigenvalue weighted by atomic mass is 32.2. The van der Waals surface area contributed by atoms with Crippen molar-refractivity contribution in [1.29, 1.82) is 0 Å². The summed E-state index contributed by atoms with van der Waals surface area (Å²) >= 11 is 0. The summed E-state index contributed by atoms with van der Waals surface area (Å²) in [6, 6.07) is 5.69. The number of carboxylic acids is 2. The van der Waals surface area contributed by atoms with E-state index in [1.54, 1.807) is 0 Å². The summed E-state index contributed by atoms with van der Waals surface area (Å²) < 4.78 is 23.4. The van der Waals surface area contributed by atoms with Gasteiger partial charge in [0.2, 0.25) is 0 Å². The molecule has 7 heteroatoms. The molecule has 0 atom stereocenters. The number of aromatic carboxylic acids is 1. The third-order valence-electron chi connectivity index (χ3n) is 2.41. The lowest BCUT2D eigenvalue weighted by Crippen LogP contribution is -2.11. The lowest BCUT2D eigenvalue weighted by Gasteiger charge is -2.04. The molecule has 6 nitrogen and oxygen atoms in total. The van der Waals surface area contributed by atoms with Gasteiger partial charge in [0.15, 0.2) is 9.84 Å². The lowest BCUT2D eigenvalue weighted by atomic mass is 10.1. The van der Waals surface area contributed by atoms with E-state index in [-0.39, 0.29) is 29.9 Å². The molecule has 1 aromatic rings. The highest BCUT2D eigenvalue weighted by molar-refractivity contribution is 7.90. The van der Waals surface area contributed by atoms with Crippen molar-refractivity contribution < 1.29 is 28.2 Å². The van der Waals surface area contributed by atoms with Gasteiger partial charge in [-0.05, 0) is 24.1 Å². The third-order valence-corrected chi connectivity index (χ3v) is 4.09. The Bertz CT molecular complexity index is 576. The van der Waals surface area contributed by atoms with Crippen molar-refractivity contribution in [3.05, 3.63) is 35.4 Å². The fourth-order valence-electron chi connectivity index (χ4n) is 1.56. The summed E-state index contributed by atoms with van der Waals surface area (Å²) in [5, 5.41) is 17.2. The number of benzene rings is 1. The van der Waals surface area contributed by atoms with Crippen LogP contribution in [0.15, 0.2) is 24.3 Å². The molecule has 0 bridgehead atoms. The van der Waals surface area contributed by atoms with E-state index in [1.165, 1.54) is 24.3 Å². The Morgan fingerprint density at radius 1 is 1.16 bits per heavy atom. The molecule has 0 aliphatic rings. The Balaban J connectivity index is 2.70. The number of rotatable bonds is 7. The van der Waals surface area contributed by atoms with Crippen molar-refractivity contribution >= 4 is 21.8 Å². The topological polar surface area (TPSA) is 109 Å². The maximum absolute atomic E-state index is 11.7. The Morgan fingerprint density at radius 2 is 1.84 bits per heavy atom.